The van der Waals surface area contributed by atoms with Gasteiger partial charge in [-0.05, 0) is 29.3 Å². The number of rotatable bonds is 7. The summed E-state index contributed by atoms with van der Waals surface area (Å²) in [4.78, 5) is 16.2. The largest absolute Gasteiger partial charge is 0.497 e. The van der Waals surface area contributed by atoms with E-state index in [9.17, 15) is 9.90 Å². The molecule has 0 saturated carbocycles. The molecule has 0 aliphatic carbocycles. The van der Waals surface area contributed by atoms with Gasteiger partial charge in [0.15, 0.2) is 0 Å². The minimum absolute atomic E-state index is 0.0592. The summed E-state index contributed by atoms with van der Waals surface area (Å²) in [6.07, 6.45) is 0.661. The van der Waals surface area contributed by atoms with Gasteiger partial charge in [0.05, 0.1) is 19.8 Å². The minimum Gasteiger partial charge on any atom is -0.497 e. The normalized spacial score (nSPS) is 11.8. The van der Waals surface area contributed by atoms with Crippen molar-refractivity contribution in [3.8, 4) is 5.75 Å². The van der Waals surface area contributed by atoms with Gasteiger partial charge in [-0.15, -0.1) is 5.10 Å². The Hall–Kier alpha value is -2.71. The number of aliphatic hydroxyl groups is 1. The maximum atomic E-state index is 12.2. The molecule has 27 heavy (non-hydrogen) atoms. The Labute approximate surface area is 165 Å². The summed E-state index contributed by atoms with van der Waals surface area (Å²) in [5.74, 6) is 0.406. The van der Waals surface area contributed by atoms with Gasteiger partial charge in [0.1, 0.15) is 12.1 Å². The van der Waals surface area contributed by atoms with E-state index in [1.165, 1.54) is 11.0 Å². The molecule has 0 spiro atoms. The fraction of sp³-hybridized carbons (Fsp3) is 0.211. The number of hydrogen-bond donors (Lipinski definition) is 2. The number of hydrogen-bond acceptors (Lipinski definition) is 5. The highest BCUT2D eigenvalue weighted by atomic mass is 79.9. The zero-order valence-electron chi connectivity index (χ0n) is 14.7. The molecule has 0 saturated heterocycles. The van der Waals surface area contributed by atoms with Gasteiger partial charge in [0, 0.05) is 11.0 Å². The van der Waals surface area contributed by atoms with Gasteiger partial charge < -0.3 is 15.2 Å². The van der Waals surface area contributed by atoms with Crippen LogP contribution in [0.5, 0.6) is 5.75 Å². The lowest BCUT2D eigenvalue weighted by Crippen LogP contribution is -2.24. The molecule has 1 amide bonds. The van der Waals surface area contributed by atoms with E-state index in [-0.39, 0.29) is 18.3 Å². The summed E-state index contributed by atoms with van der Waals surface area (Å²) in [5.41, 5.74) is 1.69. The fourth-order valence-corrected chi connectivity index (χ4v) is 2.92. The Morgan fingerprint density at radius 2 is 2.00 bits per heavy atom. The molecule has 0 radical (unpaired) electrons. The molecule has 3 rings (SSSR count). The fourth-order valence-electron chi connectivity index (χ4n) is 2.49. The van der Waals surface area contributed by atoms with E-state index in [2.05, 4.69) is 31.3 Å². The molecule has 0 aliphatic heterocycles. The van der Waals surface area contributed by atoms with Crippen molar-refractivity contribution < 1.29 is 14.6 Å². The molecule has 140 valence electrons. The Balaban J connectivity index is 1.58. The highest BCUT2D eigenvalue weighted by molar-refractivity contribution is 9.10. The lowest BCUT2D eigenvalue weighted by molar-refractivity contribution is 0.0938. The zero-order chi connectivity index (χ0) is 19.2. The van der Waals surface area contributed by atoms with E-state index in [0.29, 0.717) is 6.54 Å². The van der Waals surface area contributed by atoms with Gasteiger partial charge in [-0.1, -0.05) is 46.3 Å². The highest BCUT2D eigenvalue weighted by Crippen LogP contribution is 2.19. The zero-order valence-corrected chi connectivity index (χ0v) is 16.3. The molecular weight excluding hydrogens is 412 g/mol. The number of methoxy groups -OCH3 is 1. The predicted molar refractivity (Wildman–Crippen MR) is 103 cm³/mol. The standard InChI is InChI=1S/C19H19BrN4O3/c1-27-15-8-6-13(7-9-15)17(25)11-24-12-22-18(23-24)19(26)21-10-14-4-2-3-5-16(14)20/h2-9,12,17,25H,10-11H2,1H3,(H,21,26)/t17-/m0/s1. The third kappa shape index (κ3) is 4.93. The van der Waals surface area contributed by atoms with Crippen LogP contribution in [-0.2, 0) is 13.1 Å². The van der Waals surface area contributed by atoms with Gasteiger partial charge in [-0.25, -0.2) is 9.67 Å². The number of benzene rings is 2. The van der Waals surface area contributed by atoms with Gasteiger partial charge in [0.25, 0.3) is 5.91 Å². The molecule has 0 bridgehead atoms. The Morgan fingerprint density at radius 3 is 2.70 bits per heavy atom. The van der Waals surface area contributed by atoms with Crippen molar-refractivity contribution in [1.29, 1.82) is 0 Å². The van der Waals surface area contributed by atoms with Crippen LogP contribution in [0.2, 0.25) is 0 Å². The summed E-state index contributed by atoms with van der Waals surface area (Å²) in [6.45, 7) is 0.556. The molecule has 0 fully saturated rings. The molecule has 2 N–H and O–H groups in total. The third-order valence-electron chi connectivity index (χ3n) is 4.00. The van der Waals surface area contributed by atoms with Crippen molar-refractivity contribution in [3.63, 3.8) is 0 Å². The van der Waals surface area contributed by atoms with E-state index in [1.54, 1.807) is 31.4 Å². The van der Waals surface area contributed by atoms with Crippen molar-refractivity contribution in [2.24, 2.45) is 0 Å². The molecule has 7 nitrogen and oxygen atoms in total. The number of carbonyl (C=O) groups is 1. The van der Waals surface area contributed by atoms with E-state index < -0.39 is 6.10 Å². The van der Waals surface area contributed by atoms with Crippen molar-refractivity contribution in [2.45, 2.75) is 19.2 Å². The van der Waals surface area contributed by atoms with Crippen LogP contribution in [0.3, 0.4) is 0 Å². The molecule has 8 heteroatoms. The van der Waals surface area contributed by atoms with E-state index >= 15 is 0 Å². The van der Waals surface area contributed by atoms with Crippen LogP contribution in [0.1, 0.15) is 27.8 Å². The first kappa shape index (κ1) is 19.1. The second kappa shape index (κ2) is 8.79. The van der Waals surface area contributed by atoms with Gasteiger partial charge in [-0.3, -0.25) is 4.79 Å². The maximum absolute atomic E-state index is 12.2. The first-order valence-electron chi connectivity index (χ1n) is 8.30. The van der Waals surface area contributed by atoms with Crippen molar-refractivity contribution in [3.05, 3.63) is 76.3 Å². The van der Waals surface area contributed by atoms with E-state index in [1.807, 2.05) is 24.3 Å². The smallest absolute Gasteiger partial charge is 0.291 e. The van der Waals surface area contributed by atoms with E-state index in [4.69, 9.17) is 4.74 Å². The second-order valence-electron chi connectivity index (χ2n) is 5.85. The molecule has 3 aromatic rings. The molecule has 1 atom stereocenters. The van der Waals surface area contributed by atoms with Gasteiger partial charge in [-0.2, -0.15) is 0 Å². The molecule has 0 aliphatic rings. The summed E-state index contributed by atoms with van der Waals surface area (Å²) >= 11 is 3.44. The number of aromatic nitrogens is 3. The summed E-state index contributed by atoms with van der Waals surface area (Å²) in [7, 11) is 1.59. The summed E-state index contributed by atoms with van der Waals surface area (Å²) < 4.78 is 7.47. The van der Waals surface area contributed by atoms with Crippen LogP contribution >= 0.6 is 15.9 Å². The highest BCUT2D eigenvalue weighted by Gasteiger charge is 2.14. The average Bonchev–Trinajstić information content (AvgIpc) is 3.15. The van der Waals surface area contributed by atoms with Crippen LogP contribution < -0.4 is 10.1 Å². The topological polar surface area (TPSA) is 89.3 Å². The first-order chi connectivity index (χ1) is 13.1. The first-order valence-corrected chi connectivity index (χ1v) is 9.09. The van der Waals surface area contributed by atoms with E-state index in [0.717, 1.165) is 21.3 Å². The molecule has 1 heterocycles. The molecule has 0 unspecified atom stereocenters. The number of nitrogens with one attached hydrogen (secondary N) is 1. The number of carbonyl (C=O) groups excluding carboxylic acids is 1. The van der Waals surface area contributed by atoms with Crippen molar-refractivity contribution >= 4 is 21.8 Å². The predicted octanol–water partition coefficient (Wildman–Crippen LogP) is 2.71. The van der Waals surface area contributed by atoms with Crippen molar-refractivity contribution in [1.82, 2.24) is 20.1 Å². The second-order valence-corrected chi connectivity index (χ2v) is 6.71. The lowest BCUT2D eigenvalue weighted by atomic mass is 10.1. The molecule has 2 aromatic carbocycles. The number of aliphatic hydroxyl groups excluding tert-OH is 1. The Kier molecular flexibility index (Phi) is 6.20. The number of amides is 1. The quantitative estimate of drug-likeness (QED) is 0.601. The maximum Gasteiger partial charge on any atom is 0.291 e. The summed E-state index contributed by atoms with van der Waals surface area (Å²) in [5, 5.41) is 17.3. The van der Waals surface area contributed by atoms with Gasteiger partial charge in [0.2, 0.25) is 5.82 Å². The number of nitrogens with zero attached hydrogens (tertiary/aromatic N) is 3. The third-order valence-corrected chi connectivity index (χ3v) is 4.77. The number of ether oxygens (including phenoxy) is 1. The lowest BCUT2D eigenvalue weighted by Gasteiger charge is -2.11. The van der Waals surface area contributed by atoms with Crippen LogP contribution in [0.15, 0.2) is 59.3 Å². The SMILES string of the molecule is COc1ccc([C@@H](O)Cn2cnc(C(=O)NCc3ccccc3Br)n2)cc1. The molecular formula is C19H19BrN4O3. The van der Waals surface area contributed by atoms with Crippen LogP contribution in [0.25, 0.3) is 0 Å². The monoisotopic (exact) mass is 430 g/mol. The minimum atomic E-state index is -0.770. The van der Waals surface area contributed by atoms with Crippen LogP contribution in [-0.4, -0.2) is 32.9 Å². The Morgan fingerprint density at radius 1 is 1.26 bits per heavy atom. The summed E-state index contributed by atoms with van der Waals surface area (Å²) in [6, 6.07) is 14.8. The Bertz CT molecular complexity index is 911. The van der Waals surface area contributed by atoms with Gasteiger partial charge >= 0.3 is 0 Å². The van der Waals surface area contributed by atoms with Crippen LogP contribution in [0, 0.1) is 0 Å². The van der Waals surface area contributed by atoms with Crippen molar-refractivity contribution in [2.75, 3.05) is 7.11 Å². The average molecular weight is 431 g/mol. The number of halogens is 1. The molecule has 1 aromatic heterocycles. The van der Waals surface area contributed by atoms with Crippen LogP contribution in [0.4, 0.5) is 0 Å².